The number of nitrogens with zero attached hydrogens (tertiary/aromatic N) is 2. The maximum atomic E-state index is 13.3. The molecule has 8 nitrogen and oxygen atoms in total. The van der Waals surface area contributed by atoms with Crippen LogP contribution in [0.2, 0.25) is 0 Å². The van der Waals surface area contributed by atoms with E-state index in [4.69, 9.17) is 4.74 Å². The van der Waals surface area contributed by atoms with Gasteiger partial charge in [-0.25, -0.2) is 4.98 Å². The Morgan fingerprint density at radius 1 is 1.21 bits per heavy atom. The normalized spacial score (nSPS) is 25.4. The van der Waals surface area contributed by atoms with Gasteiger partial charge in [0.2, 0.25) is 5.91 Å². The molecule has 1 saturated heterocycles. The zero-order valence-electron chi connectivity index (χ0n) is 20.0. The van der Waals surface area contributed by atoms with Crippen molar-refractivity contribution >= 4 is 40.5 Å². The lowest BCUT2D eigenvalue weighted by atomic mass is 9.80. The molecule has 2 aromatic heterocycles. The van der Waals surface area contributed by atoms with E-state index in [0.29, 0.717) is 24.4 Å². The number of nitrogens with one attached hydrogen (secondary N) is 2. The van der Waals surface area contributed by atoms with E-state index in [2.05, 4.69) is 36.4 Å². The molecule has 4 rings (SSSR count). The molecule has 1 saturated carbocycles. The summed E-state index contributed by atoms with van der Waals surface area (Å²) in [6, 6.07) is 3.27. The van der Waals surface area contributed by atoms with Gasteiger partial charge in [0.15, 0.2) is 5.01 Å². The van der Waals surface area contributed by atoms with Crippen molar-refractivity contribution in [1.82, 2.24) is 20.5 Å². The molecule has 3 unspecified atom stereocenters. The third-order valence-corrected chi connectivity index (χ3v) is 8.11. The zero-order chi connectivity index (χ0) is 24.5. The van der Waals surface area contributed by atoms with E-state index < -0.39 is 6.04 Å². The standard InChI is InChI=1S/C24H32N4O4S2/c1-24(2,3)27-14-7-8-18(15(12-14)23(31)32-4)28-10-9-16(22(28)30)25-20(29)21-26-17(13-34-21)19-6-5-11-33-19/h5-6,11,13-16,18,27H,7-10,12H2,1-4H3,(H,25,29)/t14?,15?,16-,18?/m0/s1. The Kier molecular flexibility index (Phi) is 7.39. The SMILES string of the molecule is COC(=O)C1CC(NC(C)(C)C)CCC1N1CC[C@H](NC(=O)c2nc(-c3cccs3)cs2)C1=O. The number of carbonyl (C=O) groups is 3. The predicted octanol–water partition coefficient (Wildman–Crippen LogP) is 3.30. The zero-order valence-corrected chi connectivity index (χ0v) is 21.6. The van der Waals surface area contributed by atoms with Crippen LogP contribution in [0.1, 0.15) is 56.3 Å². The Balaban J connectivity index is 1.40. The molecule has 34 heavy (non-hydrogen) atoms. The lowest BCUT2D eigenvalue weighted by Crippen LogP contribution is -2.55. The number of thiophene rings is 1. The van der Waals surface area contributed by atoms with Crippen molar-refractivity contribution in [2.45, 2.75) is 70.1 Å². The Hall–Kier alpha value is -2.30. The van der Waals surface area contributed by atoms with Crippen LogP contribution < -0.4 is 10.6 Å². The van der Waals surface area contributed by atoms with E-state index in [0.717, 1.165) is 23.4 Å². The average Bonchev–Trinajstić information content (AvgIpc) is 3.54. The van der Waals surface area contributed by atoms with Crippen LogP contribution in [0.25, 0.3) is 10.6 Å². The highest BCUT2D eigenvalue weighted by Gasteiger charge is 2.45. The molecule has 0 aromatic carbocycles. The second-order valence-electron chi connectivity index (χ2n) is 9.96. The van der Waals surface area contributed by atoms with Crippen LogP contribution in [-0.2, 0) is 14.3 Å². The lowest BCUT2D eigenvalue weighted by molar-refractivity contribution is -0.151. The van der Waals surface area contributed by atoms with Crippen LogP contribution in [0.5, 0.6) is 0 Å². The molecule has 4 atom stereocenters. The molecule has 0 radical (unpaired) electrons. The minimum Gasteiger partial charge on any atom is -0.469 e. The Labute approximate surface area is 208 Å². The average molecular weight is 505 g/mol. The van der Waals surface area contributed by atoms with Crippen molar-refractivity contribution < 1.29 is 19.1 Å². The summed E-state index contributed by atoms with van der Waals surface area (Å²) >= 11 is 2.84. The van der Waals surface area contributed by atoms with Gasteiger partial charge in [0.1, 0.15) is 6.04 Å². The first kappa shape index (κ1) is 24.8. The van der Waals surface area contributed by atoms with E-state index in [1.54, 1.807) is 16.2 Å². The quantitative estimate of drug-likeness (QED) is 0.586. The van der Waals surface area contributed by atoms with Crippen molar-refractivity contribution in [3.63, 3.8) is 0 Å². The van der Waals surface area contributed by atoms with Gasteiger partial charge in [-0.3, -0.25) is 14.4 Å². The summed E-state index contributed by atoms with van der Waals surface area (Å²) in [4.78, 5) is 45.9. The number of hydrogen-bond donors (Lipinski definition) is 2. The number of likely N-dealkylation sites (tertiary alicyclic amines) is 1. The number of methoxy groups -OCH3 is 1. The van der Waals surface area contributed by atoms with Crippen molar-refractivity contribution in [2.24, 2.45) is 5.92 Å². The summed E-state index contributed by atoms with van der Waals surface area (Å²) in [6.07, 6.45) is 2.74. The minimum absolute atomic E-state index is 0.0593. The third-order valence-electron chi connectivity index (χ3n) is 6.37. The molecular formula is C24H32N4O4S2. The fourth-order valence-corrected chi connectivity index (χ4v) is 6.46. The minimum atomic E-state index is -0.606. The molecule has 0 spiro atoms. The van der Waals surface area contributed by atoms with Crippen molar-refractivity contribution in [3.8, 4) is 10.6 Å². The van der Waals surface area contributed by atoms with Gasteiger partial charge in [0, 0.05) is 29.5 Å². The Morgan fingerprint density at radius 2 is 2.00 bits per heavy atom. The molecule has 2 fully saturated rings. The van der Waals surface area contributed by atoms with Crippen LogP contribution in [0, 0.1) is 5.92 Å². The van der Waals surface area contributed by atoms with Gasteiger partial charge in [-0.05, 0) is 57.9 Å². The van der Waals surface area contributed by atoms with Crippen LogP contribution in [0.4, 0.5) is 0 Å². The van der Waals surface area contributed by atoms with E-state index in [9.17, 15) is 14.4 Å². The lowest BCUT2D eigenvalue weighted by Gasteiger charge is -2.41. The largest absolute Gasteiger partial charge is 0.469 e. The molecule has 10 heteroatoms. The third kappa shape index (κ3) is 5.50. The summed E-state index contributed by atoms with van der Waals surface area (Å²) in [5.41, 5.74) is 0.710. The number of thiazole rings is 1. The first-order valence-corrected chi connectivity index (χ1v) is 13.4. The fourth-order valence-electron chi connectivity index (χ4n) is 4.98. The van der Waals surface area contributed by atoms with Crippen LogP contribution in [0.3, 0.4) is 0 Å². The van der Waals surface area contributed by atoms with Gasteiger partial charge in [-0.15, -0.1) is 22.7 Å². The van der Waals surface area contributed by atoms with Gasteiger partial charge >= 0.3 is 5.97 Å². The van der Waals surface area contributed by atoms with E-state index in [-0.39, 0.29) is 41.3 Å². The van der Waals surface area contributed by atoms with Gasteiger partial charge in [0.05, 0.1) is 23.6 Å². The highest BCUT2D eigenvalue weighted by molar-refractivity contribution is 7.15. The first-order chi connectivity index (χ1) is 16.2. The van der Waals surface area contributed by atoms with Crippen molar-refractivity contribution in [1.29, 1.82) is 0 Å². The van der Waals surface area contributed by atoms with Crippen molar-refractivity contribution in [3.05, 3.63) is 27.9 Å². The second kappa shape index (κ2) is 10.1. The highest BCUT2D eigenvalue weighted by Crippen LogP contribution is 2.33. The molecule has 3 heterocycles. The predicted molar refractivity (Wildman–Crippen MR) is 133 cm³/mol. The van der Waals surface area contributed by atoms with E-state index in [1.807, 2.05) is 22.9 Å². The molecule has 184 valence electrons. The highest BCUT2D eigenvalue weighted by atomic mass is 32.1. The number of amides is 2. The summed E-state index contributed by atoms with van der Waals surface area (Å²) < 4.78 is 5.09. The molecule has 2 amide bonds. The molecule has 2 aliphatic rings. The van der Waals surface area contributed by atoms with Gasteiger partial charge in [0.25, 0.3) is 5.91 Å². The maximum Gasteiger partial charge on any atom is 0.310 e. The molecule has 2 N–H and O–H groups in total. The number of aromatic nitrogens is 1. The molecule has 1 aliphatic heterocycles. The molecule has 0 bridgehead atoms. The second-order valence-corrected chi connectivity index (χ2v) is 11.8. The van der Waals surface area contributed by atoms with Crippen LogP contribution in [-0.4, -0.2) is 65.0 Å². The number of esters is 1. The molecule has 2 aromatic rings. The van der Waals surface area contributed by atoms with Crippen LogP contribution in [0.15, 0.2) is 22.9 Å². The van der Waals surface area contributed by atoms with Crippen molar-refractivity contribution in [2.75, 3.05) is 13.7 Å². The molecular weight excluding hydrogens is 472 g/mol. The maximum absolute atomic E-state index is 13.3. The van der Waals surface area contributed by atoms with Gasteiger partial charge in [-0.2, -0.15) is 0 Å². The van der Waals surface area contributed by atoms with Gasteiger partial charge < -0.3 is 20.3 Å². The van der Waals surface area contributed by atoms with E-state index >= 15 is 0 Å². The number of carbonyl (C=O) groups excluding carboxylic acids is 3. The monoisotopic (exact) mass is 504 g/mol. The summed E-state index contributed by atoms with van der Waals surface area (Å²) in [6.45, 7) is 6.83. The topological polar surface area (TPSA) is 101 Å². The van der Waals surface area contributed by atoms with Gasteiger partial charge in [-0.1, -0.05) is 6.07 Å². The Bertz CT molecular complexity index is 1030. The summed E-state index contributed by atoms with van der Waals surface area (Å²) in [5.74, 6) is -1.14. The summed E-state index contributed by atoms with van der Waals surface area (Å²) in [7, 11) is 1.40. The van der Waals surface area contributed by atoms with Crippen LogP contribution >= 0.6 is 22.7 Å². The Morgan fingerprint density at radius 3 is 2.68 bits per heavy atom. The first-order valence-electron chi connectivity index (χ1n) is 11.6. The smallest absolute Gasteiger partial charge is 0.310 e. The molecule has 1 aliphatic carbocycles. The fraction of sp³-hybridized carbons (Fsp3) is 0.583. The number of ether oxygens (including phenoxy) is 1. The summed E-state index contributed by atoms with van der Waals surface area (Å²) in [5, 5.41) is 10.6. The van der Waals surface area contributed by atoms with E-state index in [1.165, 1.54) is 18.4 Å². The number of rotatable bonds is 6. The number of hydrogen-bond acceptors (Lipinski definition) is 8.